The molecule has 0 aromatic heterocycles. The number of piperidine rings is 1. The topological polar surface area (TPSA) is 33.3 Å². The van der Waals surface area contributed by atoms with E-state index in [4.69, 9.17) is 4.74 Å². The molecule has 2 atom stereocenters. The first-order valence-corrected chi connectivity index (χ1v) is 6.78. The van der Waals surface area contributed by atoms with Crippen molar-refractivity contribution in [1.29, 1.82) is 0 Å². The van der Waals surface area contributed by atoms with Gasteiger partial charge in [-0.1, -0.05) is 6.42 Å². The van der Waals surface area contributed by atoms with E-state index in [1.54, 1.807) is 7.11 Å². The molecule has 0 bridgehead atoms. The lowest BCUT2D eigenvalue weighted by Gasteiger charge is -2.26. The second kappa shape index (κ2) is 8.97. The van der Waals surface area contributed by atoms with Crippen LogP contribution in [0.1, 0.15) is 45.4 Å². The average Bonchev–Trinajstić information content (AvgIpc) is 2.30. The van der Waals surface area contributed by atoms with E-state index in [0.29, 0.717) is 6.04 Å². The minimum absolute atomic E-state index is 0.637. The van der Waals surface area contributed by atoms with E-state index in [0.717, 1.165) is 25.6 Å². The van der Waals surface area contributed by atoms with Crippen LogP contribution >= 0.6 is 0 Å². The van der Waals surface area contributed by atoms with Crippen LogP contribution < -0.4 is 10.6 Å². The Kier molecular flexibility index (Phi) is 7.81. The molecule has 2 N–H and O–H groups in total. The van der Waals surface area contributed by atoms with Gasteiger partial charge in [-0.3, -0.25) is 0 Å². The monoisotopic (exact) mass is 228 g/mol. The summed E-state index contributed by atoms with van der Waals surface area (Å²) in [5.74, 6) is 0. The molecule has 1 saturated heterocycles. The van der Waals surface area contributed by atoms with Gasteiger partial charge in [0.15, 0.2) is 0 Å². The number of unbranched alkanes of at least 4 members (excludes halogenated alkanes) is 1. The molecule has 1 heterocycles. The predicted octanol–water partition coefficient (Wildman–Crippen LogP) is 1.92. The van der Waals surface area contributed by atoms with Crippen molar-refractivity contribution in [3.05, 3.63) is 0 Å². The molecule has 16 heavy (non-hydrogen) atoms. The van der Waals surface area contributed by atoms with Crippen molar-refractivity contribution in [2.45, 2.75) is 57.5 Å². The quantitative estimate of drug-likeness (QED) is 0.623. The molecule has 0 spiro atoms. The minimum atomic E-state index is 0.637. The van der Waals surface area contributed by atoms with Gasteiger partial charge in [0.05, 0.1) is 0 Å². The van der Waals surface area contributed by atoms with Crippen molar-refractivity contribution in [2.24, 2.45) is 0 Å². The number of ether oxygens (including phenoxy) is 1. The van der Waals surface area contributed by atoms with Gasteiger partial charge in [-0.2, -0.15) is 0 Å². The normalized spacial score (nSPS) is 23.2. The van der Waals surface area contributed by atoms with Crippen LogP contribution in [0.3, 0.4) is 0 Å². The van der Waals surface area contributed by atoms with Gasteiger partial charge in [0.2, 0.25) is 0 Å². The van der Waals surface area contributed by atoms with Crippen molar-refractivity contribution >= 4 is 0 Å². The number of hydrogen-bond acceptors (Lipinski definition) is 3. The maximum Gasteiger partial charge on any atom is 0.0462 e. The lowest BCUT2D eigenvalue weighted by molar-refractivity contribution is 0.192. The first kappa shape index (κ1) is 13.9. The van der Waals surface area contributed by atoms with E-state index in [1.165, 1.54) is 38.6 Å². The second-order valence-corrected chi connectivity index (χ2v) is 4.94. The third-order valence-electron chi connectivity index (χ3n) is 3.32. The van der Waals surface area contributed by atoms with Gasteiger partial charge in [0.1, 0.15) is 0 Å². The van der Waals surface area contributed by atoms with Gasteiger partial charge < -0.3 is 15.4 Å². The van der Waals surface area contributed by atoms with E-state index >= 15 is 0 Å². The lowest BCUT2D eigenvalue weighted by Crippen LogP contribution is -2.40. The van der Waals surface area contributed by atoms with E-state index in [1.807, 2.05) is 0 Å². The van der Waals surface area contributed by atoms with Crippen LogP contribution in [0, 0.1) is 0 Å². The molecular formula is C13H28N2O. The summed E-state index contributed by atoms with van der Waals surface area (Å²) in [6.07, 6.45) is 7.77. The van der Waals surface area contributed by atoms with Crippen molar-refractivity contribution in [3.8, 4) is 0 Å². The summed E-state index contributed by atoms with van der Waals surface area (Å²) in [7, 11) is 1.77. The van der Waals surface area contributed by atoms with E-state index in [9.17, 15) is 0 Å². The standard InChI is InChI=1S/C13H28N2O/c1-12(14-8-5-6-10-16-2)11-13-7-3-4-9-15-13/h12-15H,3-11H2,1-2H3. The number of hydrogen-bond donors (Lipinski definition) is 2. The molecule has 0 aromatic rings. The summed E-state index contributed by atoms with van der Waals surface area (Å²) in [6, 6.07) is 1.38. The second-order valence-electron chi connectivity index (χ2n) is 4.94. The van der Waals surface area contributed by atoms with Crippen LogP contribution in [0.15, 0.2) is 0 Å². The van der Waals surface area contributed by atoms with E-state index < -0.39 is 0 Å². The first-order valence-electron chi connectivity index (χ1n) is 6.78. The van der Waals surface area contributed by atoms with Gasteiger partial charge >= 0.3 is 0 Å². The average molecular weight is 228 g/mol. The SMILES string of the molecule is COCCCCNC(C)CC1CCCCN1. The van der Waals surface area contributed by atoms with Gasteiger partial charge in [-0.15, -0.1) is 0 Å². The molecule has 2 unspecified atom stereocenters. The molecule has 0 aliphatic carbocycles. The van der Waals surface area contributed by atoms with Crippen molar-refractivity contribution in [2.75, 3.05) is 26.8 Å². The molecule has 3 nitrogen and oxygen atoms in total. The third kappa shape index (κ3) is 6.46. The van der Waals surface area contributed by atoms with Crippen LogP contribution in [-0.2, 0) is 4.74 Å². The Labute approximate surface area is 100 Å². The summed E-state index contributed by atoms with van der Waals surface area (Å²) in [5, 5.41) is 7.19. The molecule has 0 amide bonds. The fourth-order valence-corrected chi connectivity index (χ4v) is 2.36. The smallest absolute Gasteiger partial charge is 0.0462 e. The molecule has 0 aromatic carbocycles. The Morgan fingerprint density at radius 2 is 2.25 bits per heavy atom. The van der Waals surface area contributed by atoms with Crippen molar-refractivity contribution < 1.29 is 4.74 Å². The Morgan fingerprint density at radius 1 is 1.38 bits per heavy atom. The highest BCUT2D eigenvalue weighted by Crippen LogP contribution is 2.11. The van der Waals surface area contributed by atoms with Crippen LogP contribution in [0.25, 0.3) is 0 Å². The highest BCUT2D eigenvalue weighted by atomic mass is 16.5. The van der Waals surface area contributed by atoms with Crippen LogP contribution in [0.2, 0.25) is 0 Å². The van der Waals surface area contributed by atoms with Gasteiger partial charge in [0.25, 0.3) is 0 Å². The number of rotatable bonds is 8. The number of nitrogens with one attached hydrogen (secondary N) is 2. The zero-order valence-electron chi connectivity index (χ0n) is 10.9. The van der Waals surface area contributed by atoms with Crippen LogP contribution in [0.5, 0.6) is 0 Å². The zero-order valence-corrected chi connectivity index (χ0v) is 10.9. The minimum Gasteiger partial charge on any atom is -0.385 e. The van der Waals surface area contributed by atoms with E-state index in [2.05, 4.69) is 17.6 Å². The molecule has 3 heteroatoms. The molecule has 1 fully saturated rings. The fourth-order valence-electron chi connectivity index (χ4n) is 2.36. The first-order chi connectivity index (χ1) is 7.83. The Hall–Kier alpha value is -0.120. The summed E-state index contributed by atoms with van der Waals surface area (Å²) in [5.41, 5.74) is 0. The van der Waals surface area contributed by atoms with Crippen LogP contribution in [-0.4, -0.2) is 38.9 Å². The van der Waals surface area contributed by atoms with Crippen molar-refractivity contribution in [3.63, 3.8) is 0 Å². The summed E-state index contributed by atoms with van der Waals surface area (Å²) >= 11 is 0. The Balaban J connectivity index is 1.95. The summed E-state index contributed by atoms with van der Waals surface area (Å²) in [6.45, 7) is 5.52. The van der Waals surface area contributed by atoms with Crippen molar-refractivity contribution in [1.82, 2.24) is 10.6 Å². The third-order valence-corrected chi connectivity index (χ3v) is 3.32. The summed E-state index contributed by atoms with van der Waals surface area (Å²) < 4.78 is 5.03. The highest BCUT2D eigenvalue weighted by molar-refractivity contribution is 4.76. The highest BCUT2D eigenvalue weighted by Gasteiger charge is 2.14. The Bertz CT molecular complexity index is 158. The molecule has 1 aliphatic rings. The largest absolute Gasteiger partial charge is 0.385 e. The number of methoxy groups -OCH3 is 1. The zero-order chi connectivity index (χ0) is 11.6. The molecular weight excluding hydrogens is 200 g/mol. The van der Waals surface area contributed by atoms with Gasteiger partial charge in [-0.25, -0.2) is 0 Å². The van der Waals surface area contributed by atoms with Gasteiger partial charge in [-0.05, 0) is 52.1 Å². The molecule has 0 saturated carbocycles. The maximum atomic E-state index is 5.03. The van der Waals surface area contributed by atoms with E-state index in [-0.39, 0.29) is 0 Å². The molecule has 1 rings (SSSR count). The molecule has 1 aliphatic heterocycles. The van der Waals surface area contributed by atoms with Crippen LogP contribution in [0.4, 0.5) is 0 Å². The Morgan fingerprint density at radius 3 is 2.94 bits per heavy atom. The predicted molar refractivity (Wildman–Crippen MR) is 68.8 cm³/mol. The summed E-state index contributed by atoms with van der Waals surface area (Å²) in [4.78, 5) is 0. The molecule has 0 radical (unpaired) electrons. The fraction of sp³-hybridized carbons (Fsp3) is 1.00. The van der Waals surface area contributed by atoms with Gasteiger partial charge in [0, 0.05) is 25.8 Å². The maximum absolute atomic E-state index is 5.03. The molecule has 96 valence electrons. The lowest BCUT2D eigenvalue weighted by atomic mass is 9.99.